The maximum absolute atomic E-state index is 11.9. The molecule has 27 heavy (non-hydrogen) atoms. The van der Waals surface area contributed by atoms with Crippen molar-refractivity contribution in [3.63, 3.8) is 0 Å². The number of ether oxygens (including phenoxy) is 1. The van der Waals surface area contributed by atoms with Crippen LogP contribution in [0.4, 0.5) is 0 Å². The Morgan fingerprint density at radius 3 is 2.41 bits per heavy atom. The molecule has 1 saturated carbocycles. The summed E-state index contributed by atoms with van der Waals surface area (Å²) in [6.07, 6.45) is 7.83. The Balaban J connectivity index is 1.68. The van der Waals surface area contributed by atoms with Crippen molar-refractivity contribution in [2.24, 2.45) is 0 Å². The number of carbonyl (C=O) groups excluding carboxylic acids is 2. The van der Waals surface area contributed by atoms with Crippen LogP contribution in [-0.4, -0.2) is 39.5 Å². The van der Waals surface area contributed by atoms with E-state index in [-0.39, 0.29) is 11.9 Å². The summed E-state index contributed by atoms with van der Waals surface area (Å²) >= 11 is 0. The van der Waals surface area contributed by atoms with Crippen molar-refractivity contribution >= 4 is 28.0 Å². The molecule has 2 N–H and O–H groups in total. The summed E-state index contributed by atoms with van der Waals surface area (Å²) in [5, 5.41) is 3.84. The number of rotatable bonds is 8. The number of hydrogen-bond acceptors (Lipinski definition) is 5. The van der Waals surface area contributed by atoms with Crippen molar-refractivity contribution in [2.75, 3.05) is 13.2 Å². The molecule has 0 aromatic heterocycles. The van der Waals surface area contributed by atoms with Gasteiger partial charge in [-0.25, -0.2) is 13.1 Å². The van der Waals surface area contributed by atoms with Gasteiger partial charge in [0, 0.05) is 11.4 Å². The highest BCUT2D eigenvalue weighted by Gasteiger charge is 2.16. The molecule has 0 heterocycles. The molecule has 0 saturated heterocycles. The van der Waals surface area contributed by atoms with E-state index in [1.54, 1.807) is 24.3 Å². The Labute approximate surface area is 160 Å². The minimum absolute atomic E-state index is 0.125. The first-order valence-electron chi connectivity index (χ1n) is 9.12. The SMILES string of the molecule is O=C(COC(=O)CNS(=O)(=O)/C=C/c1ccccc1)NC1CCCCCC1. The van der Waals surface area contributed by atoms with E-state index in [1.807, 2.05) is 6.07 Å². The third-order valence-electron chi connectivity index (χ3n) is 4.24. The summed E-state index contributed by atoms with van der Waals surface area (Å²) in [4.78, 5) is 23.5. The molecular weight excluding hydrogens is 368 g/mol. The lowest BCUT2D eigenvalue weighted by Gasteiger charge is -2.16. The average molecular weight is 394 g/mol. The monoisotopic (exact) mass is 394 g/mol. The van der Waals surface area contributed by atoms with Crippen LogP contribution in [0.15, 0.2) is 35.7 Å². The topological polar surface area (TPSA) is 102 Å². The minimum Gasteiger partial charge on any atom is -0.455 e. The number of nitrogens with one attached hydrogen (secondary N) is 2. The Morgan fingerprint density at radius 1 is 1.07 bits per heavy atom. The first-order chi connectivity index (χ1) is 12.9. The number of hydrogen-bond donors (Lipinski definition) is 2. The molecule has 0 unspecified atom stereocenters. The van der Waals surface area contributed by atoms with Crippen LogP contribution in [0.25, 0.3) is 6.08 Å². The van der Waals surface area contributed by atoms with Crippen LogP contribution in [0.3, 0.4) is 0 Å². The quantitative estimate of drug-likeness (QED) is 0.518. The Hall–Kier alpha value is -2.19. The fraction of sp³-hybridized carbons (Fsp3) is 0.474. The van der Waals surface area contributed by atoms with Gasteiger partial charge in [-0.1, -0.05) is 56.0 Å². The third kappa shape index (κ3) is 8.83. The van der Waals surface area contributed by atoms with Crippen LogP contribution in [-0.2, 0) is 24.3 Å². The second-order valence-corrected chi connectivity index (χ2v) is 8.15. The van der Waals surface area contributed by atoms with Crippen LogP contribution in [0.1, 0.15) is 44.1 Å². The predicted octanol–water partition coefficient (Wildman–Crippen LogP) is 1.96. The lowest BCUT2D eigenvalue weighted by Crippen LogP contribution is -2.38. The highest BCUT2D eigenvalue weighted by molar-refractivity contribution is 7.92. The number of carbonyl (C=O) groups is 2. The van der Waals surface area contributed by atoms with Crippen LogP contribution < -0.4 is 10.0 Å². The van der Waals surface area contributed by atoms with Gasteiger partial charge in [-0.2, -0.15) is 0 Å². The van der Waals surface area contributed by atoms with Gasteiger partial charge in [0.1, 0.15) is 6.54 Å². The molecule has 2 rings (SSSR count). The lowest BCUT2D eigenvalue weighted by molar-refractivity contribution is -0.147. The standard InChI is InChI=1S/C19H26N2O5S/c22-18(21-17-10-6-1-2-7-11-17)15-26-19(23)14-20-27(24,25)13-12-16-8-4-3-5-9-16/h3-5,8-9,12-13,17,20H,1-2,6-7,10-11,14-15H2,(H,21,22)/b13-12+. The van der Waals surface area contributed by atoms with E-state index in [9.17, 15) is 18.0 Å². The van der Waals surface area contributed by atoms with Gasteiger partial charge in [-0.15, -0.1) is 0 Å². The molecule has 1 aromatic rings. The van der Waals surface area contributed by atoms with E-state index in [1.165, 1.54) is 18.9 Å². The molecule has 148 valence electrons. The number of benzene rings is 1. The Bertz CT molecular complexity index is 739. The summed E-state index contributed by atoms with van der Waals surface area (Å²) in [6.45, 7) is -0.935. The van der Waals surface area contributed by atoms with Gasteiger partial charge in [-0.3, -0.25) is 9.59 Å². The fourth-order valence-corrected chi connectivity index (χ4v) is 3.58. The number of amides is 1. The number of sulfonamides is 1. The van der Waals surface area contributed by atoms with Crippen molar-refractivity contribution in [2.45, 2.75) is 44.6 Å². The van der Waals surface area contributed by atoms with Crippen LogP contribution in [0, 0.1) is 0 Å². The van der Waals surface area contributed by atoms with Gasteiger partial charge in [0.15, 0.2) is 6.61 Å². The molecule has 1 aliphatic rings. The zero-order valence-corrected chi connectivity index (χ0v) is 16.0. The molecule has 8 heteroatoms. The molecule has 0 bridgehead atoms. The van der Waals surface area contributed by atoms with E-state index < -0.39 is 29.1 Å². The maximum atomic E-state index is 11.9. The zero-order chi connectivity index (χ0) is 19.5. The lowest BCUT2D eigenvalue weighted by atomic mass is 10.1. The predicted molar refractivity (Wildman–Crippen MR) is 103 cm³/mol. The normalized spacial score (nSPS) is 16.0. The summed E-state index contributed by atoms with van der Waals surface area (Å²) in [5.74, 6) is -1.16. The Morgan fingerprint density at radius 2 is 1.74 bits per heavy atom. The van der Waals surface area contributed by atoms with Gasteiger partial charge in [0.2, 0.25) is 10.0 Å². The summed E-state index contributed by atoms with van der Waals surface area (Å²) in [5.41, 5.74) is 0.723. The van der Waals surface area contributed by atoms with Gasteiger partial charge < -0.3 is 10.1 Å². The van der Waals surface area contributed by atoms with Crippen LogP contribution >= 0.6 is 0 Å². The van der Waals surface area contributed by atoms with Gasteiger partial charge >= 0.3 is 5.97 Å². The summed E-state index contributed by atoms with van der Waals surface area (Å²) in [6, 6.07) is 9.04. The van der Waals surface area contributed by atoms with Crippen molar-refractivity contribution in [1.29, 1.82) is 0 Å². The van der Waals surface area contributed by atoms with E-state index in [0.29, 0.717) is 0 Å². The molecule has 1 amide bonds. The highest BCUT2D eigenvalue weighted by atomic mass is 32.2. The van der Waals surface area contributed by atoms with Crippen LogP contribution in [0.2, 0.25) is 0 Å². The molecule has 0 spiro atoms. The largest absolute Gasteiger partial charge is 0.455 e. The van der Waals surface area contributed by atoms with Crippen molar-refractivity contribution < 1.29 is 22.7 Å². The molecule has 0 radical (unpaired) electrons. The molecule has 1 fully saturated rings. The van der Waals surface area contributed by atoms with E-state index in [2.05, 4.69) is 10.0 Å². The molecule has 1 aromatic carbocycles. The maximum Gasteiger partial charge on any atom is 0.321 e. The van der Waals surface area contributed by atoms with E-state index in [4.69, 9.17) is 4.74 Å². The molecular formula is C19H26N2O5S. The van der Waals surface area contributed by atoms with Gasteiger partial charge in [0.25, 0.3) is 5.91 Å². The molecule has 1 aliphatic carbocycles. The summed E-state index contributed by atoms with van der Waals surface area (Å²) in [7, 11) is -3.77. The van der Waals surface area contributed by atoms with Gasteiger partial charge in [-0.05, 0) is 24.5 Å². The van der Waals surface area contributed by atoms with Gasteiger partial charge in [0.05, 0.1) is 0 Å². The highest BCUT2D eigenvalue weighted by Crippen LogP contribution is 2.17. The fourth-order valence-electron chi connectivity index (χ4n) is 2.83. The first kappa shape index (κ1) is 21.1. The van der Waals surface area contributed by atoms with Crippen LogP contribution in [0.5, 0.6) is 0 Å². The average Bonchev–Trinajstić information content (AvgIpc) is 2.93. The van der Waals surface area contributed by atoms with E-state index in [0.717, 1.165) is 36.7 Å². The molecule has 0 atom stereocenters. The van der Waals surface area contributed by atoms with E-state index >= 15 is 0 Å². The second kappa shape index (κ2) is 10.8. The minimum atomic E-state index is -3.77. The first-order valence-corrected chi connectivity index (χ1v) is 10.7. The smallest absolute Gasteiger partial charge is 0.321 e. The molecule has 7 nitrogen and oxygen atoms in total. The Kier molecular flexibility index (Phi) is 8.47. The molecule has 0 aliphatic heterocycles. The third-order valence-corrected chi connectivity index (χ3v) is 5.28. The van der Waals surface area contributed by atoms with Crippen molar-refractivity contribution in [1.82, 2.24) is 10.0 Å². The second-order valence-electron chi connectivity index (χ2n) is 6.50. The summed E-state index contributed by atoms with van der Waals surface area (Å²) < 4.78 is 30.7. The number of esters is 1. The van der Waals surface area contributed by atoms with Crippen molar-refractivity contribution in [3.05, 3.63) is 41.3 Å². The zero-order valence-electron chi connectivity index (χ0n) is 15.2. The van der Waals surface area contributed by atoms with Crippen molar-refractivity contribution in [3.8, 4) is 0 Å².